The number of thioether (sulfide) groups is 2. The molecular weight excluding hydrogens is 270 g/mol. The standard InChI is InChI=1S/C12H15NO3S2/c1-17-8-18-7-10(12(15)16)13-11(14)9-5-3-2-4-6-9/h2-6,10H,7-8H2,1H3,(H,13,14)(H,15,16). The molecule has 0 aliphatic rings. The van der Waals surface area contributed by atoms with Crippen LogP contribution in [0, 0.1) is 0 Å². The second kappa shape index (κ2) is 8.05. The number of carboxylic acid groups (broad SMARTS) is 1. The van der Waals surface area contributed by atoms with E-state index in [0.29, 0.717) is 11.3 Å². The number of amides is 1. The van der Waals surface area contributed by atoms with Gasteiger partial charge in [-0.3, -0.25) is 4.79 Å². The van der Waals surface area contributed by atoms with Crippen LogP contribution in [0.3, 0.4) is 0 Å². The molecule has 1 aromatic rings. The van der Waals surface area contributed by atoms with Gasteiger partial charge in [-0.2, -0.15) is 11.8 Å². The molecule has 0 bridgehead atoms. The molecule has 4 nitrogen and oxygen atoms in total. The Bertz CT molecular complexity index is 398. The number of hydrogen-bond donors (Lipinski definition) is 2. The minimum absolute atomic E-state index is 0.354. The predicted octanol–water partition coefficient (Wildman–Crippen LogP) is 1.92. The Morgan fingerprint density at radius 2 is 2.00 bits per heavy atom. The lowest BCUT2D eigenvalue weighted by molar-refractivity contribution is -0.138. The van der Waals surface area contributed by atoms with Crippen molar-refractivity contribution in [3.05, 3.63) is 35.9 Å². The van der Waals surface area contributed by atoms with Gasteiger partial charge in [-0.1, -0.05) is 18.2 Å². The van der Waals surface area contributed by atoms with Crippen LogP contribution in [0.25, 0.3) is 0 Å². The first-order valence-electron chi connectivity index (χ1n) is 5.30. The predicted molar refractivity (Wildman–Crippen MR) is 76.2 cm³/mol. The van der Waals surface area contributed by atoms with Crippen molar-refractivity contribution >= 4 is 35.4 Å². The van der Waals surface area contributed by atoms with E-state index in [0.717, 1.165) is 5.08 Å². The van der Waals surface area contributed by atoms with Crippen LogP contribution in [0.4, 0.5) is 0 Å². The third-order valence-electron chi connectivity index (χ3n) is 2.13. The van der Waals surface area contributed by atoms with Gasteiger partial charge in [0, 0.05) is 16.4 Å². The summed E-state index contributed by atoms with van der Waals surface area (Å²) in [6.07, 6.45) is 1.95. The van der Waals surface area contributed by atoms with Crippen LogP contribution in [-0.2, 0) is 4.79 Å². The van der Waals surface area contributed by atoms with E-state index in [2.05, 4.69) is 5.32 Å². The summed E-state index contributed by atoms with van der Waals surface area (Å²) in [5.41, 5.74) is 0.471. The molecule has 6 heteroatoms. The van der Waals surface area contributed by atoms with Gasteiger partial charge in [0.2, 0.25) is 0 Å². The number of nitrogens with one attached hydrogen (secondary N) is 1. The van der Waals surface area contributed by atoms with Gasteiger partial charge in [0.15, 0.2) is 0 Å². The number of carboxylic acids is 1. The highest BCUT2D eigenvalue weighted by atomic mass is 32.2. The van der Waals surface area contributed by atoms with Crippen molar-refractivity contribution in [2.75, 3.05) is 17.1 Å². The minimum Gasteiger partial charge on any atom is -0.480 e. The summed E-state index contributed by atoms with van der Waals surface area (Å²) < 4.78 is 0. The van der Waals surface area contributed by atoms with E-state index in [1.807, 2.05) is 6.26 Å². The van der Waals surface area contributed by atoms with Crippen LogP contribution in [0.2, 0.25) is 0 Å². The number of carbonyl (C=O) groups is 2. The van der Waals surface area contributed by atoms with E-state index in [9.17, 15) is 9.59 Å². The molecule has 0 aliphatic carbocycles. The van der Waals surface area contributed by atoms with E-state index >= 15 is 0 Å². The van der Waals surface area contributed by atoms with Gasteiger partial charge >= 0.3 is 5.97 Å². The second-order valence-corrected chi connectivity index (χ2v) is 5.77. The molecule has 0 aliphatic heterocycles. The van der Waals surface area contributed by atoms with Crippen molar-refractivity contribution in [3.8, 4) is 0 Å². The van der Waals surface area contributed by atoms with E-state index in [-0.39, 0.29) is 5.91 Å². The molecule has 18 heavy (non-hydrogen) atoms. The molecule has 0 saturated heterocycles. The average molecular weight is 285 g/mol. The van der Waals surface area contributed by atoms with Crippen LogP contribution < -0.4 is 5.32 Å². The highest BCUT2D eigenvalue weighted by molar-refractivity contribution is 8.15. The summed E-state index contributed by atoms with van der Waals surface area (Å²) in [6, 6.07) is 7.75. The summed E-state index contributed by atoms with van der Waals surface area (Å²) in [6.45, 7) is 0. The first kappa shape index (κ1) is 14.9. The maximum absolute atomic E-state index is 11.8. The van der Waals surface area contributed by atoms with Crippen LogP contribution in [-0.4, -0.2) is 40.1 Å². The van der Waals surface area contributed by atoms with Gasteiger partial charge < -0.3 is 10.4 Å². The highest BCUT2D eigenvalue weighted by Crippen LogP contribution is 2.10. The molecule has 0 saturated carbocycles. The number of aliphatic carboxylic acids is 1. The van der Waals surface area contributed by atoms with Gasteiger partial charge in [-0.15, -0.1) is 11.8 Å². The molecule has 0 spiro atoms. The lowest BCUT2D eigenvalue weighted by atomic mass is 10.2. The second-order valence-electron chi connectivity index (χ2n) is 3.51. The van der Waals surface area contributed by atoms with Crippen molar-refractivity contribution in [1.82, 2.24) is 5.32 Å². The zero-order chi connectivity index (χ0) is 13.4. The lowest BCUT2D eigenvalue weighted by Crippen LogP contribution is -2.42. The van der Waals surface area contributed by atoms with Crippen molar-refractivity contribution in [3.63, 3.8) is 0 Å². The van der Waals surface area contributed by atoms with Gasteiger partial charge in [0.05, 0.1) is 0 Å². The first-order valence-corrected chi connectivity index (χ1v) is 7.85. The molecule has 1 unspecified atom stereocenters. The first-order chi connectivity index (χ1) is 8.65. The molecule has 1 atom stereocenters. The molecule has 0 fully saturated rings. The monoisotopic (exact) mass is 285 g/mol. The summed E-state index contributed by atoms with van der Waals surface area (Å²) in [7, 11) is 0. The fraction of sp³-hybridized carbons (Fsp3) is 0.333. The van der Waals surface area contributed by atoms with Gasteiger partial charge in [0.1, 0.15) is 6.04 Å². The van der Waals surface area contributed by atoms with Gasteiger partial charge in [-0.25, -0.2) is 4.79 Å². The Morgan fingerprint density at radius 1 is 1.33 bits per heavy atom. The lowest BCUT2D eigenvalue weighted by Gasteiger charge is -2.13. The third kappa shape index (κ3) is 5.01. The number of hydrogen-bond acceptors (Lipinski definition) is 4. The maximum Gasteiger partial charge on any atom is 0.327 e. The number of carbonyl (C=O) groups excluding carboxylic acids is 1. The zero-order valence-corrected chi connectivity index (χ0v) is 11.6. The Morgan fingerprint density at radius 3 is 2.56 bits per heavy atom. The van der Waals surface area contributed by atoms with Crippen LogP contribution in [0.15, 0.2) is 30.3 Å². The third-order valence-corrected chi connectivity index (χ3v) is 4.30. The van der Waals surface area contributed by atoms with Crippen LogP contribution in [0.1, 0.15) is 10.4 Å². The topological polar surface area (TPSA) is 66.4 Å². The molecule has 2 N–H and O–H groups in total. The summed E-state index contributed by atoms with van der Waals surface area (Å²) in [4.78, 5) is 22.8. The Hall–Kier alpha value is -1.14. The van der Waals surface area contributed by atoms with E-state index in [1.165, 1.54) is 11.8 Å². The van der Waals surface area contributed by atoms with Crippen molar-refractivity contribution < 1.29 is 14.7 Å². The zero-order valence-electron chi connectivity index (χ0n) is 9.96. The number of benzene rings is 1. The molecule has 98 valence electrons. The summed E-state index contributed by atoms with van der Waals surface area (Å²) in [5.74, 6) is -0.991. The normalized spacial score (nSPS) is 11.8. The molecular formula is C12H15NO3S2. The fourth-order valence-electron chi connectivity index (χ4n) is 1.26. The molecule has 1 aromatic carbocycles. The number of rotatable bonds is 7. The maximum atomic E-state index is 11.8. The average Bonchev–Trinajstić information content (AvgIpc) is 2.38. The summed E-state index contributed by atoms with van der Waals surface area (Å²) in [5, 5.41) is 12.4. The van der Waals surface area contributed by atoms with Crippen molar-refractivity contribution in [1.29, 1.82) is 0 Å². The van der Waals surface area contributed by atoms with Crippen molar-refractivity contribution in [2.24, 2.45) is 0 Å². The molecule has 0 aromatic heterocycles. The van der Waals surface area contributed by atoms with E-state index in [4.69, 9.17) is 5.11 Å². The van der Waals surface area contributed by atoms with Crippen LogP contribution in [0.5, 0.6) is 0 Å². The Kier molecular flexibility index (Phi) is 6.67. The highest BCUT2D eigenvalue weighted by Gasteiger charge is 2.20. The molecule has 0 heterocycles. The minimum atomic E-state index is -1.01. The Balaban J connectivity index is 2.55. The molecule has 0 radical (unpaired) electrons. The smallest absolute Gasteiger partial charge is 0.327 e. The molecule has 1 rings (SSSR count). The molecule has 1 amide bonds. The summed E-state index contributed by atoms with van der Waals surface area (Å²) >= 11 is 3.12. The largest absolute Gasteiger partial charge is 0.480 e. The van der Waals surface area contributed by atoms with E-state index < -0.39 is 12.0 Å². The van der Waals surface area contributed by atoms with E-state index in [1.54, 1.807) is 42.1 Å². The van der Waals surface area contributed by atoms with Crippen LogP contribution >= 0.6 is 23.5 Å². The fourth-order valence-corrected chi connectivity index (χ4v) is 2.77. The van der Waals surface area contributed by atoms with Crippen molar-refractivity contribution in [2.45, 2.75) is 6.04 Å². The van der Waals surface area contributed by atoms with Gasteiger partial charge in [0.25, 0.3) is 5.91 Å². The quantitative estimate of drug-likeness (QED) is 0.592. The SMILES string of the molecule is CSCSCC(NC(=O)c1ccccc1)C(=O)O. The van der Waals surface area contributed by atoms with Gasteiger partial charge in [-0.05, 0) is 18.4 Å². The Labute approximate surface area is 115 Å².